The minimum absolute atomic E-state index is 0.0107. The zero-order valence-electron chi connectivity index (χ0n) is 17.6. The first-order chi connectivity index (χ1) is 15.9. The molecule has 1 aliphatic heterocycles. The number of rotatable bonds is 4. The maximum absolute atomic E-state index is 15.1. The number of anilines is 2. The van der Waals surface area contributed by atoms with Gasteiger partial charge >= 0.3 is 6.01 Å². The lowest BCUT2D eigenvalue weighted by Gasteiger charge is -2.19. The predicted octanol–water partition coefficient (Wildman–Crippen LogP) is 3.68. The van der Waals surface area contributed by atoms with Crippen molar-refractivity contribution in [3.8, 4) is 11.8 Å². The molecule has 1 spiro atoms. The van der Waals surface area contributed by atoms with Gasteiger partial charge in [0.1, 0.15) is 17.3 Å². The van der Waals surface area contributed by atoms with Crippen LogP contribution in [0.2, 0.25) is 0 Å². The number of benzene rings is 1. The SMILES string of the molecule is CNc1cc(F)c(F)c2c1[nH]c1nc(Oc3cncc(F)c3)nc(N3CC(N)C4(CC4)C3)c12. The molecule has 2 fully saturated rings. The van der Waals surface area contributed by atoms with Crippen molar-refractivity contribution in [2.45, 2.75) is 18.9 Å². The molecule has 4 heterocycles. The van der Waals surface area contributed by atoms with E-state index in [0.717, 1.165) is 31.2 Å². The van der Waals surface area contributed by atoms with Crippen LogP contribution in [-0.4, -0.2) is 46.1 Å². The standard InChI is InChI=1S/C22H20F3N7O/c1-27-13-5-12(24)17(25)15-16-19(29-18(13)15)30-21(33-11-4-10(23)6-28-7-11)31-20(16)32-8-14(26)22(9-32)2-3-22/h4-7,14,27H,2-3,8-9,26H2,1H3,(H,29,30,31). The van der Waals surface area contributed by atoms with Crippen molar-refractivity contribution in [2.24, 2.45) is 11.1 Å². The molecule has 33 heavy (non-hydrogen) atoms. The number of halogens is 3. The van der Waals surface area contributed by atoms with Crippen LogP contribution in [-0.2, 0) is 0 Å². The number of hydrogen-bond donors (Lipinski definition) is 3. The van der Waals surface area contributed by atoms with E-state index in [1.165, 1.54) is 6.20 Å². The third-order valence-electron chi connectivity index (χ3n) is 6.64. The van der Waals surface area contributed by atoms with Gasteiger partial charge in [0.15, 0.2) is 17.4 Å². The fraction of sp³-hybridized carbons (Fsp3) is 0.318. The number of fused-ring (bicyclic) bond motifs is 3. The maximum atomic E-state index is 15.1. The topological polar surface area (TPSA) is 105 Å². The van der Waals surface area contributed by atoms with Gasteiger partial charge < -0.3 is 25.7 Å². The van der Waals surface area contributed by atoms with Gasteiger partial charge in [-0.1, -0.05) is 0 Å². The molecule has 1 atom stereocenters. The van der Waals surface area contributed by atoms with E-state index < -0.39 is 17.5 Å². The molecule has 0 radical (unpaired) electrons. The van der Waals surface area contributed by atoms with Gasteiger partial charge in [-0.15, -0.1) is 0 Å². The van der Waals surface area contributed by atoms with E-state index in [1.807, 2.05) is 4.90 Å². The molecule has 8 nitrogen and oxygen atoms in total. The highest BCUT2D eigenvalue weighted by Crippen LogP contribution is 2.53. The molecular weight excluding hydrogens is 435 g/mol. The van der Waals surface area contributed by atoms with Crippen molar-refractivity contribution in [3.63, 3.8) is 0 Å². The lowest BCUT2D eigenvalue weighted by molar-refractivity contribution is 0.437. The summed E-state index contributed by atoms with van der Waals surface area (Å²) in [6.45, 7) is 1.15. The highest BCUT2D eigenvalue weighted by Gasteiger charge is 2.54. The number of hydrogen-bond acceptors (Lipinski definition) is 7. The fourth-order valence-electron chi connectivity index (χ4n) is 4.73. The van der Waals surface area contributed by atoms with Gasteiger partial charge in [0, 0.05) is 43.7 Å². The highest BCUT2D eigenvalue weighted by atomic mass is 19.2. The third-order valence-corrected chi connectivity index (χ3v) is 6.64. The second-order valence-electron chi connectivity index (χ2n) is 8.69. The van der Waals surface area contributed by atoms with E-state index in [1.54, 1.807) is 7.05 Å². The summed E-state index contributed by atoms with van der Waals surface area (Å²) >= 11 is 0. The lowest BCUT2D eigenvalue weighted by atomic mass is 10.0. The van der Waals surface area contributed by atoms with E-state index in [9.17, 15) is 8.78 Å². The summed E-state index contributed by atoms with van der Waals surface area (Å²) in [6, 6.07) is 2.11. The van der Waals surface area contributed by atoms with Crippen LogP contribution >= 0.6 is 0 Å². The van der Waals surface area contributed by atoms with Crippen LogP contribution in [0.25, 0.3) is 21.9 Å². The van der Waals surface area contributed by atoms with Gasteiger partial charge in [0.05, 0.1) is 34.4 Å². The third kappa shape index (κ3) is 3.06. The van der Waals surface area contributed by atoms with Gasteiger partial charge in [-0.2, -0.15) is 9.97 Å². The number of ether oxygens (including phenoxy) is 1. The monoisotopic (exact) mass is 455 g/mol. The van der Waals surface area contributed by atoms with Crippen molar-refractivity contribution in [1.82, 2.24) is 19.9 Å². The Kier molecular flexibility index (Phi) is 4.22. The number of aromatic amines is 1. The minimum atomic E-state index is -0.993. The lowest BCUT2D eigenvalue weighted by Crippen LogP contribution is -2.30. The van der Waals surface area contributed by atoms with Gasteiger partial charge in [0.25, 0.3) is 0 Å². The molecule has 1 saturated heterocycles. The Balaban J connectivity index is 1.59. The molecule has 1 unspecified atom stereocenters. The summed E-state index contributed by atoms with van der Waals surface area (Å²) in [5.41, 5.74) is 7.40. The van der Waals surface area contributed by atoms with Gasteiger partial charge in [-0.25, -0.2) is 13.2 Å². The number of nitrogens with one attached hydrogen (secondary N) is 2. The number of H-pyrrole nitrogens is 1. The number of nitrogens with zero attached hydrogens (tertiary/aromatic N) is 4. The molecule has 3 aromatic heterocycles. The molecule has 4 aromatic rings. The summed E-state index contributed by atoms with van der Waals surface area (Å²) < 4.78 is 48.8. The van der Waals surface area contributed by atoms with Crippen molar-refractivity contribution in [1.29, 1.82) is 0 Å². The average Bonchev–Trinajstić information content (AvgIpc) is 3.36. The smallest absolute Gasteiger partial charge is 0.326 e. The summed E-state index contributed by atoms with van der Waals surface area (Å²) in [5.74, 6) is -2.05. The Morgan fingerprint density at radius 1 is 1.18 bits per heavy atom. The van der Waals surface area contributed by atoms with Crippen molar-refractivity contribution >= 4 is 33.4 Å². The Morgan fingerprint density at radius 2 is 2.00 bits per heavy atom. The van der Waals surface area contributed by atoms with Crippen LogP contribution in [0.1, 0.15) is 12.8 Å². The first-order valence-electron chi connectivity index (χ1n) is 10.6. The molecular formula is C22H20F3N7O. The van der Waals surface area contributed by atoms with E-state index in [2.05, 4.69) is 25.3 Å². The van der Waals surface area contributed by atoms with E-state index in [4.69, 9.17) is 10.5 Å². The number of nitrogens with two attached hydrogens (primary N) is 1. The second kappa shape index (κ2) is 6.95. The normalized spacial score (nSPS) is 19.1. The maximum Gasteiger partial charge on any atom is 0.326 e. The molecule has 11 heteroatoms. The Bertz CT molecular complexity index is 1420. The molecule has 170 valence electrons. The summed E-state index contributed by atoms with van der Waals surface area (Å²) in [7, 11) is 1.62. The quantitative estimate of drug-likeness (QED) is 0.431. The Labute approximate surface area is 186 Å². The van der Waals surface area contributed by atoms with Crippen LogP contribution in [0, 0.1) is 22.9 Å². The molecule has 1 aliphatic carbocycles. The molecule has 1 saturated carbocycles. The van der Waals surface area contributed by atoms with Crippen molar-refractivity contribution in [3.05, 3.63) is 42.0 Å². The summed E-state index contributed by atoms with van der Waals surface area (Å²) in [4.78, 5) is 17.7. The molecule has 6 rings (SSSR count). The van der Waals surface area contributed by atoms with Crippen LogP contribution < -0.4 is 20.7 Å². The van der Waals surface area contributed by atoms with E-state index in [-0.39, 0.29) is 34.3 Å². The van der Waals surface area contributed by atoms with Gasteiger partial charge in [0.2, 0.25) is 0 Å². The second-order valence-corrected chi connectivity index (χ2v) is 8.69. The number of pyridine rings is 1. The molecule has 0 amide bonds. The molecule has 1 aromatic carbocycles. The van der Waals surface area contributed by atoms with Crippen molar-refractivity contribution in [2.75, 3.05) is 30.4 Å². The van der Waals surface area contributed by atoms with E-state index in [0.29, 0.717) is 35.5 Å². The van der Waals surface area contributed by atoms with Crippen molar-refractivity contribution < 1.29 is 17.9 Å². The Hall–Kier alpha value is -3.60. The zero-order valence-corrected chi connectivity index (χ0v) is 17.6. The summed E-state index contributed by atoms with van der Waals surface area (Å²) in [6.07, 6.45) is 4.41. The zero-order chi connectivity index (χ0) is 22.9. The molecule has 4 N–H and O–H groups in total. The fourth-order valence-corrected chi connectivity index (χ4v) is 4.73. The van der Waals surface area contributed by atoms with Gasteiger partial charge in [-0.05, 0) is 12.8 Å². The highest BCUT2D eigenvalue weighted by molar-refractivity contribution is 6.15. The molecule has 0 bridgehead atoms. The minimum Gasteiger partial charge on any atom is -0.422 e. The Morgan fingerprint density at radius 3 is 2.70 bits per heavy atom. The van der Waals surface area contributed by atoms with E-state index >= 15 is 4.39 Å². The van der Waals surface area contributed by atoms with Gasteiger partial charge in [-0.3, -0.25) is 4.98 Å². The summed E-state index contributed by atoms with van der Waals surface area (Å²) in [5, 5.41) is 3.27. The largest absolute Gasteiger partial charge is 0.422 e. The first-order valence-corrected chi connectivity index (χ1v) is 10.6. The number of aromatic nitrogens is 4. The predicted molar refractivity (Wildman–Crippen MR) is 117 cm³/mol. The first kappa shape index (κ1) is 20.0. The van der Waals surface area contributed by atoms with Crippen LogP contribution in [0.5, 0.6) is 11.8 Å². The average molecular weight is 455 g/mol. The van der Waals surface area contributed by atoms with Crippen LogP contribution in [0.15, 0.2) is 24.5 Å². The van der Waals surface area contributed by atoms with Crippen LogP contribution in [0.4, 0.5) is 24.7 Å². The molecule has 2 aliphatic rings. The van der Waals surface area contributed by atoms with Crippen LogP contribution in [0.3, 0.4) is 0 Å².